The van der Waals surface area contributed by atoms with Crippen LogP contribution in [0.15, 0.2) is 20.0 Å². The lowest BCUT2D eigenvalue weighted by atomic mass is 10.3. The first-order valence-electron chi connectivity index (χ1n) is 2.79. The lowest BCUT2D eigenvalue weighted by Gasteiger charge is -2.01. The highest BCUT2D eigenvalue weighted by Crippen LogP contribution is 2.03. The normalized spacial score (nSPS) is 20.7. The summed E-state index contributed by atoms with van der Waals surface area (Å²) in [6, 6.07) is -0.754. The van der Waals surface area contributed by atoms with E-state index in [-0.39, 0.29) is 11.5 Å². The molecule has 0 saturated heterocycles. The fraction of sp³-hybridized carbons (Fsp3) is 0. The Kier molecular flexibility index (Phi) is 0.974. The van der Waals surface area contributed by atoms with Gasteiger partial charge in [0.25, 0.3) is 0 Å². The molecule has 6 nitrogen and oxygen atoms in total. The number of carbonyl (C=O) groups excluding carboxylic acids is 1. The fourth-order valence-corrected chi connectivity index (χ4v) is 0.759. The van der Waals surface area contributed by atoms with Crippen molar-refractivity contribution in [1.29, 1.82) is 0 Å². The number of amidine groups is 1. The molecule has 0 atom stereocenters. The second-order valence-corrected chi connectivity index (χ2v) is 1.88. The zero-order valence-corrected chi connectivity index (χ0v) is 5.22. The molecule has 2 amide bonds. The van der Waals surface area contributed by atoms with Crippen molar-refractivity contribution in [3.8, 4) is 0 Å². The molecule has 0 bridgehead atoms. The van der Waals surface area contributed by atoms with Gasteiger partial charge in [0.15, 0.2) is 11.5 Å². The number of nitrogens with zero attached hydrogens (tertiary/aromatic N) is 4. The molecule has 11 heavy (non-hydrogen) atoms. The number of hydrogen-bond donors (Lipinski definition) is 1. The van der Waals surface area contributed by atoms with Crippen LogP contribution < -0.4 is 0 Å². The van der Waals surface area contributed by atoms with Crippen molar-refractivity contribution in [2.24, 2.45) is 20.0 Å². The van der Waals surface area contributed by atoms with Crippen molar-refractivity contribution in [2.75, 3.05) is 0 Å². The number of carbonyl (C=O) groups is 1. The van der Waals surface area contributed by atoms with Crippen LogP contribution >= 0.6 is 0 Å². The molecule has 0 fully saturated rings. The van der Waals surface area contributed by atoms with E-state index in [9.17, 15) is 4.79 Å². The molecule has 0 unspecified atom stereocenters. The summed E-state index contributed by atoms with van der Waals surface area (Å²) in [6.45, 7) is 0. The fourth-order valence-electron chi connectivity index (χ4n) is 0.759. The number of fused-ring (bicyclic) bond motifs is 1. The summed E-state index contributed by atoms with van der Waals surface area (Å²) < 4.78 is 0. The van der Waals surface area contributed by atoms with Crippen LogP contribution in [0.4, 0.5) is 4.79 Å². The van der Waals surface area contributed by atoms with E-state index in [0.717, 1.165) is 0 Å². The molecule has 2 heterocycles. The van der Waals surface area contributed by atoms with Crippen LogP contribution in [0.3, 0.4) is 0 Å². The molecular formula is C5H2N4O2. The van der Waals surface area contributed by atoms with Crippen molar-refractivity contribution in [3.63, 3.8) is 0 Å². The van der Waals surface area contributed by atoms with Gasteiger partial charge < -0.3 is 5.11 Å². The van der Waals surface area contributed by atoms with Gasteiger partial charge in [-0.15, -0.1) is 0 Å². The van der Waals surface area contributed by atoms with Crippen LogP contribution in [0.25, 0.3) is 0 Å². The van der Waals surface area contributed by atoms with Crippen LogP contribution in [0, 0.1) is 0 Å². The molecule has 0 radical (unpaired) electrons. The summed E-state index contributed by atoms with van der Waals surface area (Å²) in [4.78, 5) is 24.4. The molecule has 0 aromatic heterocycles. The second kappa shape index (κ2) is 1.82. The van der Waals surface area contributed by atoms with Crippen LogP contribution in [0.2, 0.25) is 0 Å². The van der Waals surface area contributed by atoms with Crippen molar-refractivity contribution >= 4 is 29.8 Å². The van der Waals surface area contributed by atoms with E-state index in [1.165, 1.54) is 6.34 Å². The van der Waals surface area contributed by atoms with Gasteiger partial charge in [-0.25, -0.2) is 14.8 Å². The Morgan fingerprint density at radius 1 is 1.36 bits per heavy atom. The average Bonchev–Trinajstić information content (AvgIpc) is 2.34. The van der Waals surface area contributed by atoms with Gasteiger partial charge in [-0.3, -0.25) is 0 Å². The monoisotopic (exact) mass is 150 g/mol. The molecule has 1 N–H and O–H groups in total. The summed E-state index contributed by atoms with van der Waals surface area (Å²) >= 11 is 0. The predicted molar refractivity (Wildman–Crippen MR) is 38.8 cm³/mol. The van der Waals surface area contributed by atoms with E-state index >= 15 is 0 Å². The van der Waals surface area contributed by atoms with Crippen LogP contribution in [0.5, 0.6) is 0 Å². The quantitative estimate of drug-likeness (QED) is 0.525. The summed E-state index contributed by atoms with van der Waals surface area (Å²) in [7, 11) is 0. The number of urea groups is 1. The Morgan fingerprint density at radius 2 is 2.18 bits per heavy atom. The standard InChI is InChI=1S/C5H2N4O2/c10-4-2-3(7-1-6-2)8-5(11)9-4/h1H,(H,9,10,11). The minimum absolute atomic E-state index is 0.127. The van der Waals surface area contributed by atoms with Gasteiger partial charge >= 0.3 is 6.03 Å². The number of aliphatic hydroxyl groups is 1. The number of hydrogen-bond acceptors (Lipinski definition) is 3. The average molecular weight is 150 g/mol. The zero-order chi connectivity index (χ0) is 7.84. The van der Waals surface area contributed by atoms with E-state index in [4.69, 9.17) is 5.11 Å². The Labute approximate surface area is 60.7 Å². The zero-order valence-electron chi connectivity index (χ0n) is 5.22. The van der Waals surface area contributed by atoms with Crippen molar-refractivity contribution in [2.45, 2.75) is 0 Å². The van der Waals surface area contributed by atoms with Gasteiger partial charge in [0.05, 0.1) is 0 Å². The molecule has 2 aliphatic rings. The van der Waals surface area contributed by atoms with Crippen molar-refractivity contribution in [1.82, 2.24) is 0 Å². The Morgan fingerprint density at radius 3 is 3.00 bits per heavy atom. The largest absolute Gasteiger partial charge is 0.492 e. The highest BCUT2D eigenvalue weighted by atomic mass is 16.3. The topological polar surface area (TPSA) is 86.7 Å². The predicted octanol–water partition coefficient (Wildman–Crippen LogP) is -0.0421. The van der Waals surface area contributed by atoms with Gasteiger partial charge in [-0.2, -0.15) is 9.98 Å². The summed E-state index contributed by atoms with van der Waals surface area (Å²) in [5, 5.41) is 8.99. The maximum absolute atomic E-state index is 10.6. The molecule has 0 spiro atoms. The highest BCUT2D eigenvalue weighted by Gasteiger charge is 2.24. The lowest BCUT2D eigenvalue weighted by molar-refractivity contribution is 0.256. The molecule has 6 heteroatoms. The Balaban J connectivity index is 2.54. The maximum Gasteiger partial charge on any atom is 0.372 e. The third-order valence-electron chi connectivity index (χ3n) is 1.19. The van der Waals surface area contributed by atoms with E-state index in [2.05, 4.69) is 20.0 Å². The summed E-state index contributed by atoms with van der Waals surface area (Å²) in [5.41, 5.74) is 0.157. The number of amides is 2. The minimum Gasteiger partial charge on any atom is -0.492 e. The third kappa shape index (κ3) is 0.759. The molecule has 0 saturated carbocycles. The SMILES string of the molecule is O=C1N=C(O)C2=NC=NC2=N1. The molecular weight excluding hydrogens is 148 g/mol. The first-order chi connectivity index (χ1) is 5.27. The van der Waals surface area contributed by atoms with Gasteiger partial charge in [0.2, 0.25) is 5.90 Å². The van der Waals surface area contributed by atoms with E-state index < -0.39 is 11.9 Å². The number of aliphatic imine (C=N–C) groups is 4. The molecule has 2 aliphatic heterocycles. The molecule has 54 valence electrons. The van der Waals surface area contributed by atoms with E-state index in [0.29, 0.717) is 0 Å². The summed E-state index contributed by atoms with van der Waals surface area (Å²) in [6.07, 6.45) is 1.21. The Bertz CT molecular complexity index is 349. The molecule has 2 rings (SSSR count). The molecule has 0 aromatic carbocycles. The summed E-state index contributed by atoms with van der Waals surface area (Å²) in [5.74, 6) is -0.292. The smallest absolute Gasteiger partial charge is 0.372 e. The lowest BCUT2D eigenvalue weighted by Crippen LogP contribution is -2.25. The second-order valence-electron chi connectivity index (χ2n) is 1.88. The third-order valence-corrected chi connectivity index (χ3v) is 1.19. The first kappa shape index (κ1) is 5.90. The van der Waals surface area contributed by atoms with Gasteiger partial charge in [-0.05, 0) is 0 Å². The first-order valence-corrected chi connectivity index (χ1v) is 2.79. The van der Waals surface area contributed by atoms with E-state index in [1.54, 1.807) is 0 Å². The van der Waals surface area contributed by atoms with Crippen molar-refractivity contribution < 1.29 is 9.90 Å². The van der Waals surface area contributed by atoms with Gasteiger partial charge in [0.1, 0.15) is 6.34 Å². The molecule has 0 aromatic rings. The van der Waals surface area contributed by atoms with E-state index in [1.807, 2.05) is 0 Å². The van der Waals surface area contributed by atoms with Crippen molar-refractivity contribution in [3.05, 3.63) is 0 Å². The van der Waals surface area contributed by atoms with Crippen LogP contribution in [0.1, 0.15) is 0 Å². The number of aliphatic hydroxyl groups excluding tert-OH is 1. The van der Waals surface area contributed by atoms with Gasteiger partial charge in [-0.1, -0.05) is 0 Å². The molecule has 0 aliphatic carbocycles. The van der Waals surface area contributed by atoms with Crippen LogP contribution in [-0.4, -0.2) is 34.9 Å². The highest BCUT2D eigenvalue weighted by molar-refractivity contribution is 6.70. The maximum atomic E-state index is 10.6. The minimum atomic E-state index is -0.754. The Hall–Kier alpha value is -1.85. The van der Waals surface area contributed by atoms with Gasteiger partial charge in [0, 0.05) is 0 Å². The van der Waals surface area contributed by atoms with Crippen LogP contribution in [-0.2, 0) is 0 Å². The number of rotatable bonds is 0.